The lowest BCUT2D eigenvalue weighted by atomic mass is 10.3. The second kappa shape index (κ2) is 2.74. The lowest BCUT2D eigenvalue weighted by Gasteiger charge is -1.96. The van der Waals surface area contributed by atoms with Gasteiger partial charge in [0.25, 0.3) is 10.9 Å². The fourth-order valence-corrected chi connectivity index (χ4v) is 3.10. The first kappa shape index (κ1) is 8.58. The Morgan fingerprint density at radius 1 is 1.38 bits per heavy atom. The number of carbonyl (C=O) groups excluding carboxylic acids is 2. The molecule has 1 aromatic heterocycles. The second-order valence-electron chi connectivity index (χ2n) is 2.32. The number of thiophene rings is 1. The van der Waals surface area contributed by atoms with Crippen LogP contribution < -0.4 is 4.74 Å². The lowest BCUT2D eigenvalue weighted by molar-refractivity contribution is -0.107. The molecule has 0 radical (unpaired) electrons. The number of fused-ring (bicyclic) bond motifs is 1. The molecule has 0 amide bonds. The average molecular weight is 216 g/mol. The molecule has 0 fully saturated rings. The maximum atomic E-state index is 11.2. The van der Waals surface area contributed by atoms with Gasteiger partial charge in [0.2, 0.25) is 5.06 Å². The van der Waals surface area contributed by atoms with Crippen LogP contribution in [-0.2, 0) is 4.79 Å². The van der Waals surface area contributed by atoms with E-state index in [1.54, 1.807) is 0 Å². The molecule has 0 spiro atoms. The van der Waals surface area contributed by atoms with Crippen LogP contribution in [0.4, 0.5) is 0 Å². The van der Waals surface area contributed by atoms with Gasteiger partial charge in [-0.2, -0.15) is 0 Å². The van der Waals surface area contributed by atoms with Crippen molar-refractivity contribution in [2.75, 3.05) is 7.11 Å². The van der Waals surface area contributed by atoms with Crippen molar-refractivity contribution >= 4 is 34.0 Å². The average Bonchev–Trinajstić information content (AvgIpc) is 2.52. The highest BCUT2D eigenvalue weighted by Gasteiger charge is 2.36. The van der Waals surface area contributed by atoms with Crippen molar-refractivity contribution in [3.63, 3.8) is 0 Å². The van der Waals surface area contributed by atoms with Crippen molar-refractivity contribution in [1.29, 1.82) is 0 Å². The first-order chi connectivity index (χ1) is 6.15. The predicted molar refractivity (Wildman–Crippen MR) is 47.7 cm³/mol. The summed E-state index contributed by atoms with van der Waals surface area (Å²) in [5.41, 5.74) is 0. The molecule has 1 aromatic rings. The Morgan fingerprint density at radius 2 is 2.08 bits per heavy atom. The predicted octanol–water partition coefficient (Wildman–Crippen LogP) is 1.28. The molecule has 0 aliphatic carbocycles. The van der Waals surface area contributed by atoms with Gasteiger partial charge in [-0.25, -0.2) is 0 Å². The minimum absolute atomic E-state index is 0.0548. The van der Waals surface area contributed by atoms with Crippen LogP contribution in [0, 0.1) is 0 Å². The van der Waals surface area contributed by atoms with Crippen molar-refractivity contribution in [2.24, 2.45) is 0 Å². The fraction of sp³-hybridized carbons (Fsp3) is 0.143. The molecule has 0 saturated heterocycles. The maximum Gasteiger partial charge on any atom is 0.265 e. The Balaban J connectivity index is 2.62. The third-order valence-electron chi connectivity index (χ3n) is 1.60. The van der Waals surface area contributed by atoms with E-state index in [-0.39, 0.29) is 15.7 Å². The Kier molecular flexibility index (Phi) is 1.81. The fourth-order valence-electron chi connectivity index (χ4n) is 1.04. The number of methoxy groups -OCH3 is 1. The molecular weight excluding hydrogens is 212 g/mol. The number of Topliss-reactive ketones (excluding diaryl/α,β-unsaturated/α-hetero) is 1. The van der Waals surface area contributed by atoms with Crippen LogP contribution in [-0.4, -0.2) is 23.1 Å². The van der Waals surface area contributed by atoms with E-state index in [9.17, 15) is 14.7 Å². The zero-order chi connectivity index (χ0) is 9.59. The molecule has 68 valence electrons. The van der Waals surface area contributed by atoms with Crippen LogP contribution in [0.25, 0.3) is 0 Å². The van der Waals surface area contributed by atoms with Crippen molar-refractivity contribution in [1.82, 2.24) is 0 Å². The summed E-state index contributed by atoms with van der Waals surface area (Å²) in [6, 6.07) is 0. The lowest BCUT2D eigenvalue weighted by Crippen LogP contribution is -2.00. The highest BCUT2D eigenvalue weighted by Crippen LogP contribution is 2.50. The van der Waals surface area contributed by atoms with Crippen LogP contribution >= 0.6 is 23.1 Å². The van der Waals surface area contributed by atoms with E-state index >= 15 is 0 Å². The van der Waals surface area contributed by atoms with Crippen LogP contribution in [0.3, 0.4) is 0 Å². The number of hydrogen-bond acceptors (Lipinski definition) is 6. The zero-order valence-electron chi connectivity index (χ0n) is 6.49. The Bertz CT molecular complexity index is 407. The van der Waals surface area contributed by atoms with Gasteiger partial charge in [-0.05, 0) is 11.8 Å². The van der Waals surface area contributed by atoms with E-state index in [4.69, 9.17) is 4.74 Å². The summed E-state index contributed by atoms with van der Waals surface area (Å²) in [6.45, 7) is 0. The highest BCUT2D eigenvalue weighted by molar-refractivity contribution is 8.16. The van der Waals surface area contributed by atoms with E-state index < -0.39 is 10.9 Å². The standard InChI is InChI=1S/C7H4O4S2/c1-11-3-5-4(12-7(3)10)2(8)6(9)13-5/h10H,1H3. The van der Waals surface area contributed by atoms with Gasteiger partial charge in [0.15, 0.2) is 5.75 Å². The minimum atomic E-state index is -0.552. The number of ketones is 1. The third-order valence-corrected chi connectivity index (χ3v) is 3.66. The molecule has 2 rings (SSSR count). The van der Waals surface area contributed by atoms with Gasteiger partial charge in [0, 0.05) is 0 Å². The molecule has 1 aliphatic heterocycles. The van der Waals surface area contributed by atoms with E-state index in [1.165, 1.54) is 7.11 Å². The first-order valence-electron chi connectivity index (χ1n) is 3.31. The summed E-state index contributed by atoms with van der Waals surface area (Å²) in [7, 11) is 1.38. The van der Waals surface area contributed by atoms with Gasteiger partial charge < -0.3 is 9.84 Å². The normalized spacial score (nSPS) is 14.8. The Labute approximate surface area is 81.5 Å². The third kappa shape index (κ3) is 1.06. The number of aromatic hydroxyl groups is 1. The van der Waals surface area contributed by atoms with Gasteiger partial charge in [0.1, 0.15) is 4.88 Å². The molecule has 0 bridgehead atoms. The molecule has 0 unspecified atom stereocenters. The van der Waals surface area contributed by atoms with Crippen molar-refractivity contribution in [2.45, 2.75) is 4.90 Å². The first-order valence-corrected chi connectivity index (χ1v) is 4.94. The molecule has 6 heteroatoms. The molecule has 13 heavy (non-hydrogen) atoms. The molecule has 0 saturated carbocycles. The van der Waals surface area contributed by atoms with E-state index in [0.717, 1.165) is 23.1 Å². The van der Waals surface area contributed by atoms with Crippen LogP contribution in [0.1, 0.15) is 9.67 Å². The van der Waals surface area contributed by atoms with E-state index in [2.05, 4.69) is 0 Å². The highest BCUT2D eigenvalue weighted by atomic mass is 32.2. The summed E-state index contributed by atoms with van der Waals surface area (Å²) < 4.78 is 4.86. The van der Waals surface area contributed by atoms with Gasteiger partial charge in [0.05, 0.1) is 12.0 Å². The SMILES string of the molecule is COc1c(O)sc2c1SC(=O)C2=O. The van der Waals surface area contributed by atoms with Gasteiger partial charge in [-0.15, -0.1) is 0 Å². The number of ether oxygens (including phenoxy) is 1. The summed E-state index contributed by atoms with van der Waals surface area (Å²) in [4.78, 5) is 22.8. The second-order valence-corrected chi connectivity index (χ2v) is 4.30. The number of thioether (sulfide) groups is 1. The van der Waals surface area contributed by atoms with Crippen LogP contribution in [0.5, 0.6) is 10.8 Å². The maximum absolute atomic E-state index is 11.2. The molecule has 1 N–H and O–H groups in total. The van der Waals surface area contributed by atoms with Crippen LogP contribution in [0.15, 0.2) is 4.90 Å². The molecule has 1 aliphatic rings. The van der Waals surface area contributed by atoms with Crippen molar-refractivity contribution in [3.8, 4) is 10.8 Å². The minimum Gasteiger partial charge on any atom is -0.497 e. The number of carbonyl (C=O) groups is 2. The molecular formula is C7H4O4S2. The summed E-state index contributed by atoms with van der Waals surface area (Å²) in [6.07, 6.45) is 0. The molecule has 0 aromatic carbocycles. The molecule has 2 heterocycles. The Hall–Kier alpha value is -1.01. The largest absolute Gasteiger partial charge is 0.497 e. The molecule has 0 atom stereocenters. The van der Waals surface area contributed by atoms with Gasteiger partial charge in [-0.3, -0.25) is 9.59 Å². The zero-order valence-corrected chi connectivity index (χ0v) is 8.12. The van der Waals surface area contributed by atoms with Crippen molar-refractivity contribution < 1.29 is 19.4 Å². The van der Waals surface area contributed by atoms with Crippen molar-refractivity contribution in [3.05, 3.63) is 4.88 Å². The smallest absolute Gasteiger partial charge is 0.265 e. The van der Waals surface area contributed by atoms with E-state index in [0.29, 0.717) is 4.90 Å². The van der Waals surface area contributed by atoms with Gasteiger partial charge >= 0.3 is 0 Å². The molecule has 4 nitrogen and oxygen atoms in total. The number of rotatable bonds is 1. The van der Waals surface area contributed by atoms with Gasteiger partial charge in [-0.1, -0.05) is 11.3 Å². The Morgan fingerprint density at radius 3 is 2.69 bits per heavy atom. The summed E-state index contributed by atoms with van der Waals surface area (Å²) >= 11 is 1.69. The van der Waals surface area contributed by atoms with E-state index in [1.807, 2.05) is 0 Å². The monoisotopic (exact) mass is 216 g/mol. The topological polar surface area (TPSA) is 63.6 Å². The quantitative estimate of drug-likeness (QED) is 0.716. The summed E-state index contributed by atoms with van der Waals surface area (Å²) in [5, 5.41) is 8.73. The van der Waals surface area contributed by atoms with Crippen LogP contribution in [0.2, 0.25) is 0 Å². The number of hydrogen-bond donors (Lipinski definition) is 1. The summed E-state index contributed by atoms with van der Waals surface area (Å²) in [5.74, 6) is -0.326.